The second-order valence-corrected chi connectivity index (χ2v) is 7.19. The summed E-state index contributed by atoms with van der Waals surface area (Å²) >= 11 is 0. The van der Waals surface area contributed by atoms with Gasteiger partial charge < -0.3 is 14.8 Å². The van der Waals surface area contributed by atoms with Crippen LogP contribution in [0.15, 0.2) is 59.8 Å². The van der Waals surface area contributed by atoms with Gasteiger partial charge in [0.25, 0.3) is 0 Å². The van der Waals surface area contributed by atoms with Crippen molar-refractivity contribution < 1.29 is 14.3 Å². The summed E-state index contributed by atoms with van der Waals surface area (Å²) in [6, 6.07) is 15.6. The lowest BCUT2D eigenvalue weighted by atomic mass is 9.93. The van der Waals surface area contributed by atoms with E-state index in [4.69, 9.17) is 14.5 Å². The molecule has 0 fully saturated rings. The molecule has 0 amide bonds. The average molecular weight is 405 g/mol. The lowest BCUT2D eigenvalue weighted by molar-refractivity contribution is -0.139. The third kappa shape index (κ3) is 3.54. The van der Waals surface area contributed by atoms with E-state index in [2.05, 4.69) is 16.8 Å². The molecule has 0 radical (unpaired) electrons. The van der Waals surface area contributed by atoms with Crippen LogP contribution in [0.1, 0.15) is 45.2 Å². The van der Waals surface area contributed by atoms with Crippen LogP contribution in [-0.4, -0.2) is 28.7 Å². The number of fused-ring (bicyclic) bond motifs is 3. The highest BCUT2D eigenvalue weighted by Gasteiger charge is 2.35. The fraction of sp³-hybridized carbons (Fsp3) is 0.333. The number of nitrogens with zero attached hydrogens (tertiary/aromatic N) is 2. The van der Waals surface area contributed by atoms with Crippen LogP contribution in [0.5, 0.6) is 5.75 Å². The lowest BCUT2D eigenvalue weighted by Crippen LogP contribution is -2.29. The Morgan fingerprint density at radius 1 is 1.07 bits per heavy atom. The van der Waals surface area contributed by atoms with Gasteiger partial charge in [-0.2, -0.15) is 0 Å². The van der Waals surface area contributed by atoms with Crippen molar-refractivity contribution in [1.82, 2.24) is 9.55 Å². The van der Waals surface area contributed by atoms with E-state index < -0.39 is 0 Å². The van der Waals surface area contributed by atoms with E-state index in [1.165, 1.54) is 0 Å². The third-order valence-electron chi connectivity index (χ3n) is 5.22. The number of nitrogens with one attached hydrogen (secondary N) is 1. The minimum atomic E-state index is -0.329. The molecule has 156 valence electrons. The molecular formula is C24H27N3O3. The van der Waals surface area contributed by atoms with Gasteiger partial charge in [0.2, 0.25) is 5.95 Å². The van der Waals surface area contributed by atoms with Crippen LogP contribution in [-0.2, 0) is 9.53 Å². The van der Waals surface area contributed by atoms with Crippen LogP contribution in [0.25, 0.3) is 11.0 Å². The van der Waals surface area contributed by atoms with Gasteiger partial charge in [-0.1, -0.05) is 37.6 Å². The van der Waals surface area contributed by atoms with Crippen molar-refractivity contribution in [2.45, 2.75) is 39.7 Å². The molecular weight excluding hydrogens is 378 g/mol. The van der Waals surface area contributed by atoms with Gasteiger partial charge in [0, 0.05) is 5.70 Å². The number of hydrogen-bond donors (Lipinski definition) is 1. The van der Waals surface area contributed by atoms with Crippen LogP contribution in [0, 0.1) is 0 Å². The molecule has 6 nitrogen and oxygen atoms in total. The first-order valence-corrected chi connectivity index (χ1v) is 10.5. The quantitative estimate of drug-likeness (QED) is 0.556. The molecule has 4 rings (SSSR count). The Labute approximate surface area is 176 Å². The normalized spacial score (nSPS) is 15.6. The van der Waals surface area contributed by atoms with Crippen molar-refractivity contribution >= 4 is 23.0 Å². The Morgan fingerprint density at radius 3 is 2.53 bits per heavy atom. The summed E-state index contributed by atoms with van der Waals surface area (Å²) < 4.78 is 13.2. The van der Waals surface area contributed by atoms with Crippen LogP contribution >= 0.6 is 0 Å². The Morgan fingerprint density at radius 2 is 1.83 bits per heavy atom. The van der Waals surface area contributed by atoms with Gasteiger partial charge in [0.1, 0.15) is 5.75 Å². The largest absolute Gasteiger partial charge is 0.494 e. The summed E-state index contributed by atoms with van der Waals surface area (Å²) in [5.41, 5.74) is 4.35. The zero-order chi connectivity index (χ0) is 21.1. The molecule has 1 atom stereocenters. The highest BCUT2D eigenvalue weighted by Crippen LogP contribution is 2.40. The molecule has 1 aliphatic rings. The predicted octanol–water partition coefficient (Wildman–Crippen LogP) is 5.07. The van der Waals surface area contributed by atoms with Crippen molar-refractivity contribution in [2.75, 3.05) is 18.5 Å². The number of benzene rings is 2. The summed E-state index contributed by atoms with van der Waals surface area (Å²) in [6.07, 6.45) is 1.65. The zero-order valence-electron chi connectivity index (χ0n) is 17.6. The zero-order valence-corrected chi connectivity index (χ0v) is 17.6. The van der Waals surface area contributed by atoms with Crippen molar-refractivity contribution in [3.8, 4) is 5.75 Å². The molecule has 30 heavy (non-hydrogen) atoms. The number of ether oxygens (including phenoxy) is 2. The summed E-state index contributed by atoms with van der Waals surface area (Å²) in [6.45, 7) is 6.83. The number of rotatable bonds is 7. The van der Waals surface area contributed by atoms with Crippen molar-refractivity contribution in [1.29, 1.82) is 0 Å². The van der Waals surface area contributed by atoms with Crippen LogP contribution in [0.4, 0.5) is 5.95 Å². The second kappa shape index (κ2) is 8.61. The topological polar surface area (TPSA) is 65.4 Å². The van der Waals surface area contributed by atoms with E-state index in [0.29, 0.717) is 18.8 Å². The highest BCUT2D eigenvalue weighted by atomic mass is 16.5. The fourth-order valence-corrected chi connectivity index (χ4v) is 4.01. The molecule has 0 saturated carbocycles. The predicted molar refractivity (Wildman–Crippen MR) is 118 cm³/mol. The minimum absolute atomic E-state index is 0.296. The lowest BCUT2D eigenvalue weighted by Gasteiger charge is -2.31. The molecule has 2 heterocycles. The first-order valence-electron chi connectivity index (χ1n) is 10.5. The summed E-state index contributed by atoms with van der Waals surface area (Å²) in [7, 11) is 0. The summed E-state index contributed by atoms with van der Waals surface area (Å²) in [5, 5.41) is 3.41. The number of imidazole rings is 1. The van der Waals surface area contributed by atoms with Crippen LogP contribution in [0.2, 0.25) is 0 Å². The molecule has 1 aliphatic heterocycles. The van der Waals surface area contributed by atoms with Crippen molar-refractivity contribution in [3.63, 3.8) is 0 Å². The minimum Gasteiger partial charge on any atom is -0.494 e. The number of anilines is 1. The number of para-hydroxylation sites is 2. The van der Waals surface area contributed by atoms with E-state index in [1.807, 2.05) is 62.4 Å². The Hall–Kier alpha value is -3.28. The smallest absolute Gasteiger partial charge is 0.338 e. The number of allylic oxidation sites excluding steroid dienone is 1. The molecule has 0 aliphatic carbocycles. The molecule has 0 unspecified atom stereocenters. The fourth-order valence-electron chi connectivity index (χ4n) is 4.01. The van der Waals surface area contributed by atoms with Gasteiger partial charge in [-0.3, -0.25) is 4.57 Å². The standard InChI is InChI=1S/C24H27N3O3/c1-4-9-19-21(23(28)30-6-3)22(16-12-14-17(15-13-16)29-5-2)27-20-11-8-7-10-18(20)25-24(27)26-19/h7-8,10-15,22H,4-6,9H2,1-3H3,(H,25,26)/t22-/m0/s1. The van der Waals surface area contributed by atoms with Crippen LogP contribution < -0.4 is 10.1 Å². The monoisotopic (exact) mass is 405 g/mol. The maximum Gasteiger partial charge on any atom is 0.338 e. The maximum absolute atomic E-state index is 13.1. The molecule has 0 bridgehead atoms. The van der Waals surface area contributed by atoms with E-state index in [-0.39, 0.29) is 12.0 Å². The van der Waals surface area contributed by atoms with Gasteiger partial charge in [-0.15, -0.1) is 0 Å². The number of carbonyl (C=O) groups is 1. The first kappa shape index (κ1) is 20.0. The van der Waals surface area contributed by atoms with Crippen LogP contribution in [0.3, 0.4) is 0 Å². The van der Waals surface area contributed by atoms with Crippen molar-refractivity contribution in [2.24, 2.45) is 0 Å². The highest BCUT2D eigenvalue weighted by molar-refractivity contribution is 5.94. The van der Waals surface area contributed by atoms with E-state index in [9.17, 15) is 4.79 Å². The molecule has 0 spiro atoms. The van der Waals surface area contributed by atoms with E-state index in [0.717, 1.165) is 46.8 Å². The Balaban J connectivity index is 1.93. The summed E-state index contributed by atoms with van der Waals surface area (Å²) in [4.78, 5) is 17.9. The Bertz CT molecular complexity index is 1080. The maximum atomic E-state index is 13.1. The first-order chi connectivity index (χ1) is 14.7. The van der Waals surface area contributed by atoms with Gasteiger partial charge in [0.05, 0.1) is 35.9 Å². The molecule has 0 saturated heterocycles. The number of aromatic nitrogens is 2. The van der Waals surface area contributed by atoms with Gasteiger partial charge >= 0.3 is 5.97 Å². The second-order valence-electron chi connectivity index (χ2n) is 7.19. The summed E-state index contributed by atoms with van der Waals surface area (Å²) in [5.74, 6) is 1.25. The van der Waals surface area contributed by atoms with Crippen molar-refractivity contribution in [3.05, 3.63) is 65.4 Å². The molecule has 6 heteroatoms. The van der Waals surface area contributed by atoms with Gasteiger partial charge in [-0.05, 0) is 50.1 Å². The average Bonchev–Trinajstić information content (AvgIpc) is 3.12. The third-order valence-corrected chi connectivity index (χ3v) is 5.22. The molecule has 2 aromatic carbocycles. The Kier molecular flexibility index (Phi) is 5.74. The molecule has 1 N–H and O–H groups in total. The van der Waals surface area contributed by atoms with Gasteiger partial charge in [-0.25, -0.2) is 9.78 Å². The SMILES string of the molecule is CCCC1=C(C(=O)OCC)[C@H](c2ccc(OCC)cc2)n2c(nc3ccccc32)N1. The molecule has 1 aromatic heterocycles. The number of esters is 1. The van der Waals surface area contributed by atoms with E-state index in [1.54, 1.807) is 0 Å². The number of hydrogen-bond acceptors (Lipinski definition) is 5. The number of carbonyl (C=O) groups excluding carboxylic acids is 1. The molecule has 3 aromatic rings. The van der Waals surface area contributed by atoms with Gasteiger partial charge in [0.15, 0.2) is 0 Å². The van der Waals surface area contributed by atoms with E-state index >= 15 is 0 Å².